The average Bonchev–Trinajstić information content (AvgIpc) is 3.17. The maximum atomic E-state index is 14.2. The van der Waals surface area contributed by atoms with Gasteiger partial charge in [-0.1, -0.05) is 18.2 Å². The second-order valence-electron chi connectivity index (χ2n) is 7.37. The van der Waals surface area contributed by atoms with Gasteiger partial charge in [-0.25, -0.2) is 9.18 Å². The number of aromatic carboxylic acids is 1. The fraction of sp³-hybridized carbons (Fsp3) is 0.318. The molecule has 1 fully saturated rings. The van der Waals surface area contributed by atoms with Crippen LogP contribution >= 0.6 is 0 Å². The molecule has 0 radical (unpaired) electrons. The fourth-order valence-electron chi connectivity index (χ4n) is 4.51. The summed E-state index contributed by atoms with van der Waals surface area (Å²) < 4.78 is 14.2. The number of hydrogen-bond acceptors (Lipinski definition) is 1. The van der Waals surface area contributed by atoms with Crippen molar-refractivity contribution in [1.29, 1.82) is 0 Å². The van der Waals surface area contributed by atoms with Gasteiger partial charge < -0.3 is 5.11 Å². The number of fused-ring (bicyclic) bond motifs is 5. The topological polar surface area (TPSA) is 37.3 Å². The second kappa shape index (κ2) is 5.83. The number of hydrogen-bond donors (Lipinski definition) is 1. The van der Waals surface area contributed by atoms with Crippen LogP contribution in [-0.2, 0) is 0 Å². The molecule has 0 aromatic heterocycles. The van der Waals surface area contributed by atoms with Crippen molar-refractivity contribution in [1.82, 2.24) is 0 Å². The maximum absolute atomic E-state index is 14.2. The third kappa shape index (κ3) is 2.68. The molecule has 0 saturated heterocycles. The standard InChI is InChI=1S/C22H21FO2/c1-12(7-16-5-6-17(22(24)25)10-21(16)23)18-11-20-15-4-3-14(9-15)19(20)8-13(18)2/h5-8,10-11,14-15H,3-4,9H2,1-2H3,(H,24,25)/b12-7+. The molecule has 2 unspecified atom stereocenters. The van der Waals surface area contributed by atoms with Crippen LogP contribution in [0.2, 0.25) is 0 Å². The van der Waals surface area contributed by atoms with Gasteiger partial charge in [-0.3, -0.25) is 0 Å². The van der Waals surface area contributed by atoms with E-state index >= 15 is 0 Å². The quantitative estimate of drug-likeness (QED) is 0.724. The van der Waals surface area contributed by atoms with Crippen molar-refractivity contribution in [2.45, 2.75) is 44.9 Å². The molecule has 0 spiro atoms. The van der Waals surface area contributed by atoms with Gasteiger partial charge in [0.1, 0.15) is 5.82 Å². The molecule has 2 aliphatic rings. The maximum Gasteiger partial charge on any atom is 0.335 e. The molecule has 128 valence electrons. The molecule has 25 heavy (non-hydrogen) atoms. The highest BCUT2D eigenvalue weighted by molar-refractivity contribution is 5.88. The van der Waals surface area contributed by atoms with E-state index in [0.29, 0.717) is 11.5 Å². The van der Waals surface area contributed by atoms with Crippen LogP contribution in [0.25, 0.3) is 11.6 Å². The van der Waals surface area contributed by atoms with Gasteiger partial charge in [0.25, 0.3) is 0 Å². The van der Waals surface area contributed by atoms with E-state index in [4.69, 9.17) is 5.11 Å². The third-order valence-electron chi connectivity index (χ3n) is 5.79. The molecule has 0 heterocycles. The molecule has 2 aliphatic carbocycles. The van der Waals surface area contributed by atoms with E-state index in [-0.39, 0.29) is 5.56 Å². The van der Waals surface area contributed by atoms with Gasteiger partial charge in [-0.15, -0.1) is 0 Å². The predicted molar refractivity (Wildman–Crippen MR) is 97.4 cm³/mol. The Kier molecular flexibility index (Phi) is 3.75. The summed E-state index contributed by atoms with van der Waals surface area (Å²) in [5, 5.41) is 8.96. The first-order valence-corrected chi connectivity index (χ1v) is 8.80. The first kappa shape index (κ1) is 16.1. The minimum Gasteiger partial charge on any atom is -0.478 e. The number of rotatable bonds is 3. The minimum atomic E-state index is -1.12. The summed E-state index contributed by atoms with van der Waals surface area (Å²) in [4.78, 5) is 10.9. The largest absolute Gasteiger partial charge is 0.478 e. The number of benzene rings is 2. The average molecular weight is 336 g/mol. The van der Waals surface area contributed by atoms with Crippen molar-refractivity contribution in [3.05, 3.63) is 69.5 Å². The minimum absolute atomic E-state index is 0.0305. The zero-order valence-corrected chi connectivity index (χ0v) is 14.5. The monoisotopic (exact) mass is 336 g/mol. The van der Waals surface area contributed by atoms with Crippen molar-refractivity contribution >= 4 is 17.6 Å². The van der Waals surface area contributed by atoms with Gasteiger partial charge in [0.2, 0.25) is 0 Å². The van der Waals surface area contributed by atoms with E-state index in [2.05, 4.69) is 19.1 Å². The molecular weight excluding hydrogens is 315 g/mol. The molecule has 2 bridgehead atoms. The summed E-state index contributed by atoms with van der Waals surface area (Å²) >= 11 is 0. The Bertz CT molecular complexity index is 910. The molecule has 4 rings (SSSR count). The lowest BCUT2D eigenvalue weighted by molar-refractivity contribution is 0.0696. The van der Waals surface area contributed by atoms with Crippen molar-refractivity contribution in [2.24, 2.45) is 0 Å². The number of halogens is 1. The molecule has 0 amide bonds. The lowest BCUT2D eigenvalue weighted by Crippen LogP contribution is -2.01. The Labute approximate surface area is 147 Å². The van der Waals surface area contributed by atoms with Crippen LogP contribution in [0.5, 0.6) is 0 Å². The highest BCUT2D eigenvalue weighted by atomic mass is 19.1. The molecule has 0 aliphatic heterocycles. The van der Waals surface area contributed by atoms with Crippen LogP contribution in [0.4, 0.5) is 4.39 Å². The lowest BCUT2D eigenvalue weighted by atomic mass is 9.86. The van der Waals surface area contributed by atoms with Crippen LogP contribution in [0.1, 0.15) is 76.2 Å². The number of allylic oxidation sites excluding steroid dienone is 1. The molecular formula is C22H21FO2. The highest BCUT2D eigenvalue weighted by Crippen LogP contribution is 2.53. The summed E-state index contributed by atoms with van der Waals surface area (Å²) in [6.07, 6.45) is 5.69. The van der Waals surface area contributed by atoms with E-state index in [0.717, 1.165) is 23.1 Å². The molecule has 1 saturated carbocycles. The Hall–Kier alpha value is -2.42. The second-order valence-corrected chi connectivity index (χ2v) is 7.37. The Morgan fingerprint density at radius 2 is 1.84 bits per heavy atom. The molecule has 2 aromatic carbocycles. The van der Waals surface area contributed by atoms with Gasteiger partial charge in [0.05, 0.1) is 5.56 Å². The number of aryl methyl sites for hydroxylation is 1. The van der Waals surface area contributed by atoms with Gasteiger partial charge in [0.15, 0.2) is 0 Å². The third-order valence-corrected chi connectivity index (χ3v) is 5.79. The summed E-state index contributed by atoms with van der Waals surface area (Å²) in [5.41, 5.74) is 6.77. The van der Waals surface area contributed by atoms with Crippen molar-refractivity contribution in [3.63, 3.8) is 0 Å². The first-order chi connectivity index (χ1) is 11.9. The zero-order valence-electron chi connectivity index (χ0n) is 14.5. The number of carbonyl (C=O) groups is 1. The summed E-state index contributed by atoms with van der Waals surface area (Å²) in [7, 11) is 0. The summed E-state index contributed by atoms with van der Waals surface area (Å²) in [6, 6.07) is 8.67. The normalized spacial score (nSPS) is 21.5. The zero-order chi connectivity index (χ0) is 17.7. The van der Waals surface area contributed by atoms with Gasteiger partial charge in [-0.2, -0.15) is 0 Å². The summed E-state index contributed by atoms with van der Waals surface area (Å²) in [6.45, 7) is 4.11. The summed E-state index contributed by atoms with van der Waals surface area (Å²) in [5.74, 6) is -0.190. The molecule has 2 atom stereocenters. The van der Waals surface area contributed by atoms with Crippen LogP contribution in [-0.4, -0.2) is 11.1 Å². The lowest BCUT2D eigenvalue weighted by Gasteiger charge is -2.18. The van der Waals surface area contributed by atoms with E-state index in [1.807, 2.05) is 13.0 Å². The Morgan fingerprint density at radius 3 is 2.48 bits per heavy atom. The Morgan fingerprint density at radius 1 is 1.16 bits per heavy atom. The van der Waals surface area contributed by atoms with Crippen LogP contribution in [0.15, 0.2) is 30.3 Å². The molecule has 3 heteroatoms. The molecule has 2 aromatic rings. The van der Waals surface area contributed by atoms with E-state index < -0.39 is 11.8 Å². The van der Waals surface area contributed by atoms with Crippen LogP contribution in [0, 0.1) is 12.7 Å². The van der Waals surface area contributed by atoms with Crippen molar-refractivity contribution in [2.75, 3.05) is 0 Å². The van der Waals surface area contributed by atoms with Gasteiger partial charge in [0, 0.05) is 5.56 Å². The molecule has 2 nitrogen and oxygen atoms in total. The molecule has 1 N–H and O–H groups in total. The van der Waals surface area contributed by atoms with Crippen molar-refractivity contribution < 1.29 is 14.3 Å². The number of carboxylic acids is 1. The highest BCUT2D eigenvalue weighted by Gasteiger charge is 2.37. The smallest absolute Gasteiger partial charge is 0.335 e. The van der Waals surface area contributed by atoms with Crippen molar-refractivity contribution in [3.8, 4) is 0 Å². The van der Waals surface area contributed by atoms with E-state index in [1.54, 1.807) is 0 Å². The number of carboxylic acid groups (broad SMARTS) is 1. The predicted octanol–water partition coefficient (Wildman–Crippen LogP) is 5.76. The van der Waals surface area contributed by atoms with Crippen LogP contribution in [0.3, 0.4) is 0 Å². The van der Waals surface area contributed by atoms with E-state index in [1.165, 1.54) is 48.1 Å². The van der Waals surface area contributed by atoms with E-state index in [9.17, 15) is 9.18 Å². The fourth-order valence-corrected chi connectivity index (χ4v) is 4.51. The van der Waals surface area contributed by atoms with Gasteiger partial charge in [-0.05, 0) is 91.0 Å². The van der Waals surface area contributed by atoms with Crippen LogP contribution < -0.4 is 0 Å². The SMILES string of the molecule is C/C(=C\c1ccc(C(=O)O)cc1F)c1cc2c(cc1C)C1CCC2C1. The Balaban J connectivity index is 1.72. The first-order valence-electron chi connectivity index (χ1n) is 8.80. The van der Waals surface area contributed by atoms with Gasteiger partial charge >= 0.3 is 5.97 Å².